The van der Waals surface area contributed by atoms with Crippen molar-refractivity contribution in [2.45, 2.75) is 18.2 Å². The molecule has 0 saturated heterocycles. The molecule has 0 spiro atoms. The van der Waals surface area contributed by atoms with E-state index in [1.54, 1.807) is 49.4 Å². The van der Waals surface area contributed by atoms with Gasteiger partial charge in [0, 0.05) is 12.2 Å². The summed E-state index contributed by atoms with van der Waals surface area (Å²) in [4.78, 5) is 24.2. The van der Waals surface area contributed by atoms with Gasteiger partial charge in [-0.3, -0.25) is 0 Å². The normalized spacial score (nSPS) is 10.7. The average Bonchev–Trinajstić information content (AvgIpc) is 2.81. The fraction of sp³-hybridized carbons (Fsp3) is 0.125. The maximum atomic E-state index is 13.9. The van der Waals surface area contributed by atoms with E-state index in [0.29, 0.717) is 17.7 Å². The molecule has 0 bridgehead atoms. The first-order chi connectivity index (χ1) is 16.7. The van der Waals surface area contributed by atoms with E-state index in [2.05, 4.69) is 16.0 Å². The average molecular weight is 496 g/mol. The molecule has 9 nitrogen and oxygen atoms in total. The van der Waals surface area contributed by atoms with Crippen LogP contribution in [0.25, 0.3) is 0 Å². The summed E-state index contributed by atoms with van der Waals surface area (Å²) in [5.41, 5.74) is 1.89. The number of urea groups is 2. The summed E-state index contributed by atoms with van der Waals surface area (Å²) in [5.74, 6) is -0.724. The van der Waals surface area contributed by atoms with Crippen molar-refractivity contribution >= 4 is 33.5 Å². The first-order valence-corrected chi connectivity index (χ1v) is 11.9. The number of nitrogens with zero attached hydrogens (tertiary/aromatic N) is 1. The number of hydrogen-bond donors (Lipinski definition) is 4. The van der Waals surface area contributed by atoms with Crippen molar-refractivity contribution in [3.8, 4) is 6.07 Å². The van der Waals surface area contributed by atoms with Crippen molar-refractivity contribution in [2.24, 2.45) is 0 Å². The van der Waals surface area contributed by atoms with Crippen LogP contribution in [0.2, 0.25) is 0 Å². The molecule has 180 valence electrons. The highest BCUT2D eigenvalue weighted by molar-refractivity contribution is 7.90. The molecule has 35 heavy (non-hydrogen) atoms. The number of anilines is 2. The van der Waals surface area contributed by atoms with Crippen molar-refractivity contribution in [1.82, 2.24) is 10.0 Å². The van der Waals surface area contributed by atoms with Gasteiger partial charge < -0.3 is 16.0 Å². The Bertz CT molecular complexity index is 1390. The standard InChI is InChI=1S/C24H22FN5O4S/c1-16-4-2-3-5-22(16)35(33,34)30-23(31)27-13-12-17-6-9-19(10-7-17)28-24(32)29-21-11-8-18(15-26)14-20(21)25/h2-11,14H,12-13H2,1H3,(H2,27,30,31)(H2,28,29,32). The van der Waals surface area contributed by atoms with Gasteiger partial charge in [0.1, 0.15) is 5.82 Å². The molecule has 0 saturated carbocycles. The third-order valence-electron chi connectivity index (χ3n) is 4.87. The molecule has 3 aromatic carbocycles. The van der Waals surface area contributed by atoms with Crippen molar-refractivity contribution in [3.63, 3.8) is 0 Å². The smallest absolute Gasteiger partial charge is 0.328 e. The zero-order chi connectivity index (χ0) is 25.4. The van der Waals surface area contributed by atoms with Crippen LogP contribution in [0.4, 0.5) is 25.4 Å². The third-order valence-corrected chi connectivity index (χ3v) is 6.36. The number of amides is 4. The topological polar surface area (TPSA) is 140 Å². The first kappa shape index (κ1) is 25.2. The lowest BCUT2D eigenvalue weighted by molar-refractivity contribution is 0.246. The van der Waals surface area contributed by atoms with Crippen LogP contribution in [-0.2, 0) is 16.4 Å². The Morgan fingerprint density at radius 3 is 2.34 bits per heavy atom. The number of nitriles is 1. The highest BCUT2D eigenvalue weighted by atomic mass is 32.2. The predicted octanol–water partition coefficient (Wildman–Crippen LogP) is 3.88. The molecule has 0 radical (unpaired) electrons. The summed E-state index contributed by atoms with van der Waals surface area (Å²) in [6.45, 7) is 1.82. The molecule has 11 heteroatoms. The van der Waals surface area contributed by atoms with E-state index in [9.17, 15) is 22.4 Å². The molecule has 0 unspecified atom stereocenters. The number of benzene rings is 3. The van der Waals surface area contributed by atoms with Gasteiger partial charge in [-0.15, -0.1) is 0 Å². The molecule has 0 atom stereocenters. The number of carbonyl (C=O) groups is 2. The first-order valence-electron chi connectivity index (χ1n) is 10.4. The second-order valence-electron chi connectivity index (χ2n) is 7.46. The van der Waals surface area contributed by atoms with E-state index in [1.807, 2.05) is 10.8 Å². The molecular formula is C24H22FN5O4S. The molecule has 0 heterocycles. The van der Waals surface area contributed by atoms with Gasteiger partial charge in [0.25, 0.3) is 10.0 Å². The Hall–Kier alpha value is -4.43. The van der Waals surface area contributed by atoms with Gasteiger partial charge in [0.2, 0.25) is 0 Å². The minimum atomic E-state index is -3.98. The quantitative estimate of drug-likeness (QED) is 0.394. The largest absolute Gasteiger partial charge is 0.337 e. The van der Waals surface area contributed by atoms with Gasteiger partial charge in [-0.25, -0.2) is 27.1 Å². The molecule has 0 aliphatic carbocycles. The highest BCUT2D eigenvalue weighted by Gasteiger charge is 2.19. The summed E-state index contributed by atoms with van der Waals surface area (Å²) in [6, 6.07) is 17.1. The SMILES string of the molecule is Cc1ccccc1S(=O)(=O)NC(=O)NCCc1ccc(NC(=O)Nc2ccc(C#N)cc2F)cc1. The van der Waals surface area contributed by atoms with Gasteiger partial charge in [0.15, 0.2) is 0 Å². The molecule has 0 aromatic heterocycles. The number of nitrogens with one attached hydrogen (secondary N) is 4. The maximum absolute atomic E-state index is 13.9. The van der Waals surface area contributed by atoms with E-state index in [1.165, 1.54) is 18.2 Å². The second-order valence-corrected chi connectivity index (χ2v) is 9.11. The van der Waals surface area contributed by atoms with E-state index in [4.69, 9.17) is 5.26 Å². The second kappa shape index (κ2) is 11.1. The summed E-state index contributed by atoms with van der Waals surface area (Å²) >= 11 is 0. The molecule has 4 amide bonds. The molecule has 0 aliphatic heterocycles. The number of halogens is 1. The minimum Gasteiger partial charge on any atom is -0.337 e. The fourth-order valence-corrected chi connectivity index (χ4v) is 4.29. The van der Waals surface area contributed by atoms with E-state index >= 15 is 0 Å². The number of rotatable bonds is 7. The predicted molar refractivity (Wildman–Crippen MR) is 129 cm³/mol. The van der Waals surface area contributed by atoms with Crippen LogP contribution in [0.5, 0.6) is 0 Å². The Kier molecular flexibility index (Phi) is 8.01. The van der Waals surface area contributed by atoms with Crippen molar-refractivity contribution < 1.29 is 22.4 Å². The van der Waals surface area contributed by atoms with E-state index in [-0.39, 0.29) is 22.7 Å². The van der Waals surface area contributed by atoms with Crippen molar-refractivity contribution in [2.75, 3.05) is 17.2 Å². The molecule has 3 rings (SSSR count). The Morgan fingerprint density at radius 1 is 0.971 bits per heavy atom. The fourth-order valence-electron chi connectivity index (χ4n) is 3.12. The zero-order valence-corrected chi connectivity index (χ0v) is 19.4. The lowest BCUT2D eigenvalue weighted by Gasteiger charge is -2.11. The van der Waals surface area contributed by atoms with E-state index in [0.717, 1.165) is 11.6 Å². The molecule has 0 aliphatic rings. The van der Waals surface area contributed by atoms with Crippen molar-refractivity contribution in [1.29, 1.82) is 5.26 Å². The number of sulfonamides is 1. The van der Waals surface area contributed by atoms with Crippen molar-refractivity contribution in [3.05, 3.63) is 89.2 Å². The van der Waals surface area contributed by atoms with Crippen LogP contribution < -0.4 is 20.7 Å². The molecule has 3 aromatic rings. The van der Waals surface area contributed by atoms with Gasteiger partial charge in [0.05, 0.1) is 22.2 Å². The third kappa shape index (κ3) is 7.02. The van der Waals surface area contributed by atoms with Crippen LogP contribution >= 0.6 is 0 Å². The number of carbonyl (C=O) groups excluding carboxylic acids is 2. The van der Waals surface area contributed by atoms with Crippen LogP contribution in [0, 0.1) is 24.1 Å². The van der Waals surface area contributed by atoms with Crippen LogP contribution in [0.3, 0.4) is 0 Å². The lowest BCUT2D eigenvalue weighted by atomic mass is 10.1. The lowest BCUT2D eigenvalue weighted by Crippen LogP contribution is -2.40. The molecule has 4 N–H and O–H groups in total. The van der Waals surface area contributed by atoms with Gasteiger partial charge in [-0.2, -0.15) is 5.26 Å². The Balaban J connectivity index is 1.46. The van der Waals surface area contributed by atoms with E-state index < -0.39 is 27.9 Å². The van der Waals surface area contributed by atoms with Crippen LogP contribution in [0.1, 0.15) is 16.7 Å². The zero-order valence-electron chi connectivity index (χ0n) is 18.6. The summed E-state index contributed by atoms with van der Waals surface area (Å²) in [6.07, 6.45) is 0.417. The summed E-state index contributed by atoms with van der Waals surface area (Å²) in [5, 5.41) is 16.2. The number of aryl methyl sites for hydroxylation is 1. The summed E-state index contributed by atoms with van der Waals surface area (Å²) in [7, 11) is -3.98. The maximum Gasteiger partial charge on any atom is 0.328 e. The minimum absolute atomic E-state index is 0.0317. The Labute approximate surface area is 202 Å². The monoisotopic (exact) mass is 495 g/mol. The molecular weight excluding hydrogens is 473 g/mol. The highest BCUT2D eigenvalue weighted by Crippen LogP contribution is 2.17. The number of hydrogen-bond acceptors (Lipinski definition) is 5. The molecule has 0 fully saturated rings. The van der Waals surface area contributed by atoms with Gasteiger partial charge >= 0.3 is 12.1 Å². The van der Waals surface area contributed by atoms with Gasteiger partial charge in [-0.1, -0.05) is 30.3 Å². The van der Waals surface area contributed by atoms with Crippen LogP contribution in [-0.4, -0.2) is 27.0 Å². The van der Waals surface area contributed by atoms with Gasteiger partial charge in [-0.05, 0) is 60.9 Å². The Morgan fingerprint density at radius 2 is 1.69 bits per heavy atom. The summed E-state index contributed by atoms with van der Waals surface area (Å²) < 4.78 is 40.6. The van der Waals surface area contributed by atoms with Crippen LogP contribution in [0.15, 0.2) is 71.6 Å².